The molecule has 0 spiro atoms. The van der Waals surface area contributed by atoms with Crippen molar-refractivity contribution in [1.82, 2.24) is 15.2 Å². The Bertz CT molecular complexity index is 1120. The van der Waals surface area contributed by atoms with Crippen molar-refractivity contribution in [2.45, 2.75) is 44.5 Å². The molecule has 0 radical (unpaired) electrons. The van der Waals surface area contributed by atoms with Crippen molar-refractivity contribution < 1.29 is 9.53 Å². The summed E-state index contributed by atoms with van der Waals surface area (Å²) in [5.74, 6) is 0.654. The van der Waals surface area contributed by atoms with E-state index in [4.69, 9.17) is 16.3 Å². The number of thioether (sulfide) groups is 1. The zero-order valence-corrected chi connectivity index (χ0v) is 19.4. The van der Waals surface area contributed by atoms with Crippen LogP contribution in [0.15, 0.2) is 47.6 Å². The van der Waals surface area contributed by atoms with E-state index < -0.39 is 6.23 Å². The molecule has 2 heterocycles. The molecule has 3 aromatic rings. The van der Waals surface area contributed by atoms with E-state index in [0.29, 0.717) is 45.3 Å². The molecule has 4 rings (SSSR count). The number of aromatic nitrogens is 3. The van der Waals surface area contributed by atoms with Gasteiger partial charge in [-0.3, -0.25) is 9.69 Å². The van der Waals surface area contributed by atoms with Crippen molar-refractivity contribution in [2.75, 3.05) is 11.2 Å². The summed E-state index contributed by atoms with van der Waals surface area (Å²) in [6.45, 7) is 6.12. The first-order chi connectivity index (χ1) is 14.9. The highest BCUT2D eigenvalue weighted by Crippen LogP contribution is 2.44. The Labute approximate surface area is 191 Å². The minimum absolute atomic E-state index is 0.0765. The van der Waals surface area contributed by atoms with Crippen molar-refractivity contribution in [1.29, 1.82) is 0 Å². The predicted molar refractivity (Wildman–Crippen MR) is 124 cm³/mol. The largest absolute Gasteiger partial charge is 0.447 e. The van der Waals surface area contributed by atoms with E-state index in [9.17, 15) is 4.79 Å². The lowest BCUT2D eigenvalue weighted by Gasteiger charge is -2.31. The number of halogens is 1. The molecule has 1 aliphatic rings. The third-order valence-corrected chi connectivity index (χ3v) is 5.98. The lowest BCUT2D eigenvalue weighted by atomic mass is 10.0. The van der Waals surface area contributed by atoms with Crippen LogP contribution >= 0.6 is 23.4 Å². The fourth-order valence-corrected chi connectivity index (χ4v) is 4.00. The van der Waals surface area contributed by atoms with E-state index in [2.05, 4.69) is 41.2 Å². The Hall–Kier alpha value is -2.64. The van der Waals surface area contributed by atoms with E-state index in [0.717, 1.165) is 5.56 Å². The van der Waals surface area contributed by atoms with Gasteiger partial charge in [-0.05, 0) is 35.9 Å². The van der Waals surface area contributed by atoms with Gasteiger partial charge >= 0.3 is 0 Å². The normalized spacial score (nSPS) is 15.2. The molecule has 0 aliphatic carbocycles. The summed E-state index contributed by atoms with van der Waals surface area (Å²) in [4.78, 5) is 19.4. The number of hydrogen-bond acceptors (Lipinski definition) is 6. The predicted octanol–water partition coefficient (Wildman–Crippen LogP) is 5.87. The first-order valence-electron chi connectivity index (χ1n) is 10.1. The molecule has 0 bridgehead atoms. The fourth-order valence-electron chi connectivity index (χ4n) is 3.53. The van der Waals surface area contributed by atoms with Crippen molar-refractivity contribution in [3.63, 3.8) is 0 Å². The van der Waals surface area contributed by atoms with Crippen LogP contribution in [0.5, 0.6) is 5.88 Å². The second kappa shape index (κ2) is 8.85. The van der Waals surface area contributed by atoms with Gasteiger partial charge in [-0.15, -0.1) is 10.2 Å². The molecular weight excluding hydrogens is 432 g/mol. The number of amides is 1. The highest BCUT2D eigenvalue weighted by atomic mass is 35.5. The average Bonchev–Trinajstić information content (AvgIpc) is 2.92. The summed E-state index contributed by atoms with van der Waals surface area (Å²) in [5.41, 5.74) is 3.86. The molecule has 0 unspecified atom stereocenters. The monoisotopic (exact) mass is 454 g/mol. The summed E-state index contributed by atoms with van der Waals surface area (Å²) in [5, 5.41) is 9.56. The van der Waals surface area contributed by atoms with Crippen molar-refractivity contribution in [3.8, 4) is 17.1 Å². The van der Waals surface area contributed by atoms with Crippen molar-refractivity contribution >= 4 is 35.0 Å². The molecule has 0 saturated carbocycles. The van der Waals surface area contributed by atoms with Crippen LogP contribution in [0.2, 0.25) is 5.02 Å². The molecular formula is C23H23ClN4O2S. The standard InChI is InChI=1S/C23H23ClN4O2S/c1-5-19(29)28-18-11-10-16(24)12-17(18)20-21(25-23(31-4)27-26-20)30-22(28)15-8-6-14(7-9-15)13(2)3/h6-13,22H,5H2,1-4H3/t22-/m0/s1. The molecule has 1 atom stereocenters. The van der Waals surface area contributed by atoms with Gasteiger partial charge in [0.05, 0.1) is 5.69 Å². The number of fused-ring (bicyclic) bond motifs is 3. The molecule has 0 N–H and O–H groups in total. The summed E-state index contributed by atoms with van der Waals surface area (Å²) in [6, 6.07) is 13.5. The summed E-state index contributed by atoms with van der Waals surface area (Å²) < 4.78 is 6.38. The highest BCUT2D eigenvalue weighted by molar-refractivity contribution is 7.98. The summed E-state index contributed by atoms with van der Waals surface area (Å²) >= 11 is 7.67. The van der Waals surface area contributed by atoms with Gasteiger partial charge in [0, 0.05) is 22.6 Å². The number of hydrogen-bond donors (Lipinski definition) is 0. The van der Waals surface area contributed by atoms with Gasteiger partial charge in [0.25, 0.3) is 0 Å². The number of nitrogens with zero attached hydrogens (tertiary/aromatic N) is 4. The molecule has 2 aromatic carbocycles. The first-order valence-corrected chi connectivity index (χ1v) is 11.7. The smallest absolute Gasteiger partial charge is 0.247 e. The SMILES string of the molecule is CCC(=O)N1c2ccc(Cl)cc2-c2nnc(SC)nc2O[C@H]1c1ccc(C(C)C)cc1. The molecule has 1 aromatic heterocycles. The van der Waals surface area contributed by atoms with Crippen LogP contribution in [0.3, 0.4) is 0 Å². The Morgan fingerprint density at radius 2 is 1.94 bits per heavy atom. The van der Waals surface area contributed by atoms with E-state index >= 15 is 0 Å². The summed E-state index contributed by atoms with van der Waals surface area (Å²) in [6.07, 6.45) is 1.50. The number of carbonyl (C=O) groups is 1. The minimum Gasteiger partial charge on any atom is -0.447 e. The Morgan fingerprint density at radius 3 is 2.58 bits per heavy atom. The molecule has 31 heavy (non-hydrogen) atoms. The Kier molecular flexibility index (Phi) is 6.16. The van der Waals surface area contributed by atoms with Gasteiger partial charge in [-0.25, -0.2) is 0 Å². The molecule has 0 fully saturated rings. The van der Waals surface area contributed by atoms with Crippen LogP contribution in [0.25, 0.3) is 11.3 Å². The number of benzene rings is 2. The molecule has 0 saturated heterocycles. The molecule has 6 nitrogen and oxygen atoms in total. The van der Waals surface area contributed by atoms with Crippen LogP contribution < -0.4 is 9.64 Å². The minimum atomic E-state index is -0.693. The second-order valence-electron chi connectivity index (χ2n) is 7.52. The third kappa shape index (κ3) is 4.12. The number of carbonyl (C=O) groups excluding carboxylic acids is 1. The number of anilines is 1. The van der Waals surface area contributed by atoms with Crippen molar-refractivity contribution in [2.24, 2.45) is 0 Å². The van der Waals surface area contributed by atoms with Crippen LogP contribution in [0.1, 0.15) is 50.5 Å². The van der Waals surface area contributed by atoms with E-state index in [-0.39, 0.29) is 5.91 Å². The van der Waals surface area contributed by atoms with Crippen molar-refractivity contribution in [3.05, 3.63) is 58.6 Å². The van der Waals surface area contributed by atoms with Crippen LogP contribution in [-0.4, -0.2) is 27.3 Å². The molecule has 8 heteroatoms. The van der Waals surface area contributed by atoms with E-state index in [1.165, 1.54) is 17.3 Å². The van der Waals surface area contributed by atoms with Crippen LogP contribution in [0, 0.1) is 0 Å². The zero-order valence-electron chi connectivity index (χ0n) is 17.8. The van der Waals surface area contributed by atoms with E-state index in [1.54, 1.807) is 17.0 Å². The maximum Gasteiger partial charge on any atom is 0.247 e. The van der Waals surface area contributed by atoms with Gasteiger partial charge < -0.3 is 4.74 Å². The fraction of sp³-hybridized carbons (Fsp3) is 0.304. The lowest BCUT2D eigenvalue weighted by Crippen LogP contribution is -2.37. The molecule has 160 valence electrons. The molecule has 1 amide bonds. The van der Waals surface area contributed by atoms with E-state index in [1.807, 2.05) is 31.4 Å². The highest BCUT2D eigenvalue weighted by Gasteiger charge is 2.35. The average molecular weight is 455 g/mol. The maximum absolute atomic E-state index is 13.2. The second-order valence-corrected chi connectivity index (χ2v) is 8.73. The Morgan fingerprint density at radius 1 is 1.19 bits per heavy atom. The molecule has 1 aliphatic heterocycles. The topological polar surface area (TPSA) is 68.2 Å². The quantitative estimate of drug-likeness (QED) is 0.459. The Balaban J connectivity index is 1.94. The first kappa shape index (κ1) is 21.6. The van der Waals surface area contributed by atoms with Gasteiger partial charge in [0.15, 0.2) is 5.69 Å². The van der Waals surface area contributed by atoms with Crippen LogP contribution in [-0.2, 0) is 4.79 Å². The van der Waals surface area contributed by atoms with Gasteiger partial charge in [-0.1, -0.05) is 68.4 Å². The third-order valence-electron chi connectivity index (χ3n) is 5.21. The van der Waals surface area contributed by atoms with Gasteiger partial charge in [0.2, 0.25) is 23.2 Å². The number of ether oxygens (including phenoxy) is 1. The number of rotatable bonds is 4. The zero-order chi connectivity index (χ0) is 22.1. The van der Waals surface area contributed by atoms with Gasteiger partial charge in [-0.2, -0.15) is 4.98 Å². The van der Waals surface area contributed by atoms with Gasteiger partial charge in [0.1, 0.15) is 0 Å². The lowest BCUT2D eigenvalue weighted by molar-refractivity contribution is -0.120. The summed E-state index contributed by atoms with van der Waals surface area (Å²) in [7, 11) is 0. The maximum atomic E-state index is 13.2. The van der Waals surface area contributed by atoms with Crippen LogP contribution in [0.4, 0.5) is 5.69 Å².